The molecule has 1 heterocycles. The highest BCUT2D eigenvalue weighted by Crippen LogP contribution is 2.13. The monoisotopic (exact) mass is 411 g/mol. The smallest absolute Gasteiger partial charge is 0.328 e. The lowest BCUT2D eigenvalue weighted by Gasteiger charge is -2.21. The number of rotatable bonds is 9. The second kappa shape index (κ2) is 13.3. The molecule has 1 aliphatic rings. The molecular formula is C20H30ClN3O4. The first-order chi connectivity index (χ1) is 13.3. The van der Waals surface area contributed by atoms with Gasteiger partial charge in [-0.15, -0.1) is 0 Å². The minimum atomic E-state index is -1.26. The van der Waals surface area contributed by atoms with E-state index in [1.807, 2.05) is 18.2 Å². The molecule has 1 aromatic rings. The maximum Gasteiger partial charge on any atom is 0.328 e. The van der Waals surface area contributed by atoms with Crippen molar-refractivity contribution in [2.24, 2.45) is 0 Å². The fraction of sp³-hybridized carbons (Fsp3) is 0.500. The van der Waals surface area contributed by atoms with Gasteiger partial charge in [0.15, 0.2) is 0 Å². The van der Waals surface area contributed by atoms with Gasteiger partial charge >= 0.3 is 11.9 Å². The third kappa shape index (κ3) is 11.0. The van der Waals surface area contributed by atoms with E-state index >= 15 is 0 Å². The highest BCUT2D eigenvalue weighted by atomic mass is 35.5. The molecule has 0 bridgehead atoms. The van der Waals surface area contributed by atoms with Crippen LogP contribution in [0.4, 0.5) is 0 Å². The molecule has 0 saturated carbocycles. The van der Waals surface area contributed by atoms with Crippen LogP contribution in [0.15, 0.2) is 36.4 Å². The Morgan fingerprint density at radius 3 is 2.54 bits per heavy atom. The number of nitrogens with one attached hydrogen (secondary N) is 1. The van der Waals surface area contributed by atoms with Crippen LogP contribution in [0, 0.1) is 0 Å². The normalized spacial score (nSPS) is 16.9. The molecule has 2 rings (SSSR count). The van der Waals surface area contributed by atoms with Crippen molar-refractivity contribution in [1.29, 1.82) is 0 Å². The van der Waals surface area contributed by atoms with Crippen LogP contribution >= 0.6 is 11.6 Å². The van der Waals surface area contributed by atoms with Crippen molar-refractivity contribution < 1.29 is 19.8 Å². The van der Waals surface area contributed by atoms with Gasteiger partial charge in [0, 0.05) is 49.4 Å². The highest BCUT2D eigenvalue weighted by Gasteiger charge is 2.19. The van der Waals surface area contributed by atoms with E-state index in [1.165, 1.54) is 24.9 Å². The van der Waals surface area contributed by atoms with E-state index in [0.717, 1.165) is 37.2 Å². The summed E-state index contributed by atoms with van der Waals surface area (Å²) in [6.07, 6.45) is 3.80. The van der Waals surface area contributed by atoms with E-state index in [1.54, 1.807) is 0 Å². The number of hydrogen-bond donors (Lipinski definition) is 3. The Labute approximate surface area is 171 Å². The molecule has 0 amide bonds. The first-order valence-corrected chi connectivity index (χ1v) is 9.63. The number of nitrogens with zero attached hydrogens (tertiary/aromatic N) is 2. The predicted molar refractivity (Wildman–Crippen MR) is 111 cm³/mol. The fourth-order valence-electron chi connectivity index (χ4n) is 2.94. The molecule has 156 valence electrons. The van der Waals surface area contributed by atoms with Crippen molar-refractivity contribution in [2.45, 2.75) is 25.4 Å². The van der Waals surface area contributed by atoms with Crippen molar-refractivity contribution in [3.63, 3.8) is 0 Å². The Morgan fingerprint density at radius 1 is 1.32 bits per heavy atom. The number of carboxylic acids is 2. The SMILES string of the molecule is CN(CCNCC1CCCN1C)Cc1cccc(Cl)c1.O=C(O)/C=C\C(=O)O. The zero-order valence-electron chi connectivity index (χ0n) is 16.5. The molecule has 8 heteroatoms. The van der Waals surface area contributed by atoms with E-state index in [0.29, 0.717) is 12.2 Å². The topological polar surface area (TPSA) is 93.1 Å². The second-order valence-corrected chi connectivity index (χ2v) is 7.29. The van der Waals surface area contributed by atoms with Gasteiger partial charge in [-0.2, -0.15) is 0 Å². The Bertz CT molecular complexity index is 638. The van der Waals surface area contributed by atoms with E-state index in [2.05, 4.69) is 35.3 Å². The summed E-state index contributed by atoms with van der Waals surface area (Å²) in [4.78, 5) is 23.9. The Morgan fingerprint density at radius 2 is 2.00 bits per heavy atom. The quantitative estimate of drug-likeness (QED) is 0.423. The summed E-state index contributed by atoms with van der Waals surface area (Å²) in [6, 6.07) is 8.83. The minimum Gasteiger partial charge on any atom is -0.478 e. The summed E-state index contributed by atoms with van der Waals surface area (Å²) in [5, 5.41) is 20.0. The summed E-state index contributed by atoms with van der Waals surface area (Å²) in [7, 11) is 4.38. The molecule has 3 N–H and O–H groups in total. The average Bonchev–Trinajstić information content (AvgIpc) is 3.02. The molecular weight excluding hydrogens is 382 g/mol. The van der Waals surface area contributed by atoms with E-state index in [-0.39, 0.29) is 0 Å². The van der Waals surface area contributed by atoms with Gasteiger partial charge in [-0.3, -0.25) is 0 Å². The molecule has 1 aliphatic heterocycles. The second-order valence-electron chi connectivity index (χ2n) is 6.86. The van der Waals surface area contributed by atoms with Gasteiger partial charge in [0.05, 0.1) is 0 Å². The average molecular weight is 412 g/mol. The van der Waals surface area contributed by atoms with Gasteiger partial charge in [0.2, 0.25) is 0 Å². The number of halogens is 1. The number of likely N-dealkylation sites (tertiary alicyclic amines) is 1. The zero-order valence-corrected chi connectivity index (χ0v) is 17.2. The minimum absolute atomic E-state index is 0.558. The summed E-state index contributed by atoms with van der Waals surface area (Å²) in [5.41, 5.74) is 1.27. The standard InChI is InChI=1S/C16H26ClN3.C4H4O4/c1-19(13-14-5-3-6-15(17)11-14)10-8-18-12-16-7-4-9-20(16)2;5-3(6)1-2-4(7)8/h3,5-6,11,16,18H,4,7-10,12-13H2,1-2H3;1-2H,(H,5,6)(H,7,8)/b;2-1-. The third-order valence-corrected chi connectivity index (χ3v) is 4.67. The maximum absolute atomic E-state index is 9.55. The largest absolute Gasteiger partial charge is 0.478 e. The number of carboxylic acid groups (broad SMARTS) is 2. The summed E-state index contributed by atoms with van der Waals surface area (Å²) >= 11 is 6.01. The third-order valence-electron chi connectivity index (χ3n) is 4.43. The molecule has 0 radical (unpaired) electrons. The van der Waals surface area contributed by atoms with Crippen LogP contribution in [0.2, 0.25) is 5.02 Å². The van der Waals surface area contributed by atoms with Crippen molar-refractivity contribution >= 4 is 23.5 Å². The number of hydrogen-bond acceptors (Lipinski definition) is 5. The summed E-state index contributed by atoms with van der Waals surface area (Å²) < 4.78 is 0. The van der Waals surface area contributed by atoms with Gasteiger partial charge in [0.25, 0.3) is 0 Å². The van der Waals surface area contributed by atoms with Gasteiger partial charge in [-0.05, 0) is 51.2 Å². The molecule has 0 aromatic heterocycles. The van der Waals surface area contributed by atoms with Crippen LogP contribution in [0.5, 0.6) is 0 Å². The molecule has 0 aliphatic carbocycles. The molecule has 1 aromatic carbocycles. The van der Waals surface area contributed by atoms with E-state index < -0.39 is 11.9 Å². The van der Waals surface area contributed by atoms with Crippen LogP contribution in [-0.2, 0) is 16.1 Å². The van der Waals surface area contributed by atoms with Crippen molar-refractivity contribution in [1.82, 2.24) is 15.1 Å². The predicted octanol–water partition coefficient (Wildman–Crippen LogP) is 2.17. The van der Waals surface area contributed by atoms with Gasteiger partial charge in [-0.25, -0.2) is 9.59 Å². The fourth-order valence-corrected chi connectivity index (χ4v) is 3.16. The molecule has 7 nitrogen and oxygen atoms in total. The van der Waals surface area contributed by atoms with Gasteiger partial charge in [-0.1, -0.05) is 23.7 Å². The molecule has 1 fully saturated rings. The lowest BCUT2D eigenvalue weighted by atomic mass is 10.2. The maximum atomic E-state index is 9.55. The molecule has 1 saturated heterocycles. The van der Waals surface area contributed by atoms with E-state index in [9.17, 15) is 9.59 Å². The number of carbonyl (C=O) groups is 2. The zero-order chi connectivity index (χ0) is 20.9. The molecule has 1 unspecified atom stereocenters. The highest BCUT2D eigenvalue weighted by molar-refractivity contribution is 6.30. The lowest BCUT2D eigenvalue weighted by molar-refractivity contribution is -0.134. The number of benzene rings is 1. The van der Waals surface area contributed by atoms with Crippen LogP contribution in [-0.4, -0.2) is 78.3 Å². The Kier molecular flexibility index (Phi) is 11.4. The van der Waals surface area contributed by atoms with Crippen LogP contribution in [0.1, 0.15) is 18.4 Å². The molecule has 1 atom stereocenters. The summed E-state index contributed by atoms with van der Waals surface area (Å²) in [6.45, 7) is 5.42. The number of likely N-dealkylation sites (N-methyl/N-ethyl adjacent to an activating group) is 2. The number of aliphatic carboxylic acids is 2. The van der Waals surface area contributed by atoms with Crippen molar-refractivity contribution in [2.75, 3.05) is 40.3 Å². The van der Waals surface area contributed by atoms with Crippen molar-refractivity contribution in [3.8, 4) is 0 Å². The van der Waals surface area contributed by atoms with Crippen LogP contribution in [0.3, 0.4) is 0 Å². The molecule has 0 spiro atoms. The van der Waals surface area contributed by atoms with E-state index in [4.69, 9.17) is 21.8 Å². The summed E-state index contributed by atoms with van der Waals surface area (Å²) in [5.74, 6) is -2.51. The van der Waals surface area contributed by atoms with Gasteiger partial charge < -0.3 is 25.3 Å². The van der Waals surface area contributed by atoms with Crippen LogP contribution in [0.25, 0.3) is 0 Å². The Balaban J connectivity index is 0.000000416. The first-order valence-electron chi connectivity index (χ1n) is 9.25. The first kappa shape index (κ1) is 24.1. The molecule has 28 heavy (non-hydrogen) atoms. The van der Waals surface area contributed by atoms with Crippen molar-refractivity contribution in [3.05, 3.63) is 47.0 Å². The Hall–Kier alpha value is -1.93. The van der Waals surface area contributed by atoms with Crippen LogP contribution < -0.4 is 5.32 Å². The lowest BCUT2D eigenvalue weighted by Crippen LogP contribution is -2.38. The van der Waals surface area contributed by atoms with Gasteiger partial charge in [0.1, 0.15) is 0 Å².